The van der Waals surface area contributed by atoms with Crippen LogP contribution in [0.25, 0.3) is 0 Å². The molecular formula is C10H22O4Si. The van der Waals surface area contributed by atoms with Crippen molar-refractivity contribution in [3.05, 3.63) is 0 Å². The van der Waals surface area contributed by atoms with Crippen LogP contribution in [0.1, 0.15) is 33.6 Å². The molecule has 0 heterocycles. The molecule has 1 unspecified atom stereocenters. The molecule has 0 aliphatic rings. The van der Waals surface area contributed by atoms with Crippen LogP contribution >= 0.6 is 0 Å². The third-order valence-corrected chi connectivity index (χ3v) is 5.36. The molecule has 0 aromatic carbocycles. The Kier molecular flexibility index (Phi) is 6.08. The van der Waals surface area contributed by atoms with Gasteiger partial charge in [-0.3, -0.25) is 4.79 Å². The van der Waals surface area contributed by atoms with Crippen molar-refractivity contribution < 1.29 is 18.8 Å². The van der Waals surface area contributed by atoms with E-state index in [1.54, 1.807) is 0 Å². The predicted molar refractivity (Wildman–Crippen MR) is 61.2 cm³/mol. The van der Waals surface area contributed by atoms with Crippen LogP contribution in [0.4, 0.5) is 0 Å². The molecule has 0 amide bonds. The number of aliphatic carboxylic acids is 1. The topological polar surface area (TPSA) is 55.8 Å². The minimum Gasteiger partial charge on any atom is -0.481 e. The van der Waals surface area contributed by atoms with E-state index in [1.165, 1.54) is 14.2 Å². The summed E-state index contributed by atoms with van der Waals surface area (Å²) in [6.07, 6.45) is 1.16. The second-order valence-corrected chi connectivity index (χ2v) is 6.93. The lowest BCUT2D eigenvalue weighted by atomic mass is 9.94. The Morgan fingerprint density at radius 3 is 2.07 bits per heavy atom. The highest BCUT2D eigenvalue weighted by Gasteiger charge is 2.48. The van der Waals surface area contributed by atoms with Crippen molar-refractivity contribution in [2.75, 3.05) is 14.2 Å². The fraction of sp³-hybridized carbons (Fsp3) is 0.900. The van der Waals surface area contributed by atoms with E-state index in [-0.39, 0.29) is 0 Å². The van der Waals surface area contributed by atoms with Gasteiger partial charge in [0.2, 0.25) is 0 Å². The lowest BCUT2D eigenvalue weighted by Gasteiger charge is -2.33. The highest BCUT2D eigenvalue weighted by atomic mass is 28.3. The average Bonchev–Trinajstić information content (AvgIpc) is 2.16. The summed E-state index contributed by atoms with van der Waals surface area (Å²) in [7, 11) is 0.915. The monoisotopic (exact) mass is 234 g/mol. The van der Waals surface area contributed by atoms with E-state index in [1.807, 2.05) is 20.8 Å². The molecule has 0 aromatic heterocycles. The largest absolute Gasteiger partial charge is 0.481 e. The van der Waals surface area contributed by atoms with E-state index >= 15 is 0 Å². The smallest absolute Gasteiger partial charge is 0.338 e. The van der Waals surface area contributed by atoms with Gasteiger partial charge in [-0.25, -0.2) is 0 Å². The number of carbonyl (C=O) groups is 1. The van der Waals surface area contributed by atoms with Gasteiger partial charge in [-0.1, -0.05) is 20.8 Å². The van der Waals surface area contributed by atoms with Crippen molar-refractivity contribution in [2.45, 2.75) is 38.7 Å². The Morgan fingerprint density at radius 2 is 1.87 bits per heavy atom. The number of carboxylic acid groups (broad SMARTS) is 1. The molecule has 15 heavy (non-hydrogen) atoms. The summed E-state index contributed by atoms with van der Waals surface area (Å²) in [4.78, 5) is 11.4. The maximum atomic E-state index is 11.4. The second-order valence-electron chi connectivity index (χ2n) is 4.22. The summed E-state index contributed by atoms with van der Waals surface area (Å²) in [5.74, 6) is -0.472. The lowest BCUT2D eigenvalue weighted by molar-refractivity contribution is -0.142. The highest BCUT2D eigenvalue weighted by Crippen LogP contribution is 2.41. The van der Waals surface area contributed by atoms with Crippen LogP contribution in [0.2, 0.25) is 5.04 Å². The van der Waals surface area contributed by atoms with Crippen LogP contribution in [-0.2, 0) is 13.6 Å². The molecule has 0 saturated heterocycles. The minimum atomic E-state index is -2.16. The SMILES string of the molecule is CCC(CC(C)C)(C(=O)O)[SiH](OC)OC. The Balaban J connectivity index is 5.03. The first-order chi connectivity index (χ1) is 6.94. The molecule has 0 fully saturated rings. The molecule has 0 aliphatic heterocycles. The molecule has 0 radical (unpaired) electrons. The number of carboxylic acids is 1. The molecule has 1 atom stereocenters. The molecule has 0 spiro atoms. The van der Waals surface area contributed by atoms with Crippen LogP contribution in [0.5, 0.6) is 0 Å². The summed E-state index contributed by atoms with van der Waals surface area (Å²) < 4.78 is 10.5. The van der Waals surface area contributed by atoms with Crippen LogP contribution in [0.3, 0.4) is 0 Å². The first kappa shape index (κ1) is 14.6. The van der Waals surface area contributed by atoms with Gasteiger partial charge in [-0.05, 0) is 18.8 Å². The molecular weight excluding hydrogens is 212 g/mol. The lowest BCUT2D eigenvalue weighted by Crippen LogP contribution is -2.43. The zero-order valence-electron chi connectivity index (χ0n) is 10.2. The number of rotatable bonds is 7. The summed E-state index contributed by atoms with van der Waals surface area (Å²) in [5.41, 5.74) is 0. The number of hydrogen-bond donors (Lipinski definition) is 1. The van der Waals surface area contributed by atoms with Gasteiger partial charge in [0.15, 0.2) is 0 Å². The molecule has 0 rings (SSSR count). The Morgan fingerprint density at radius 1 is 1.40 bits per heavy atom. The van der Waals surface area contributed by atoms with E-state index in [4.69, 9.17) is 8.85 Å². The Hall–Kier alpha value is -0.393. The Labute approximate surface area is 93.4 Å². The van der Waals surface area contributed by atoms with Crippen molar-refractivity contribution in [1.82, 2.24) is 0 Å². The van der Waals surface area contributed by atoms with Crippen molar-refractivity contribution >= 4 is 15.3 Å². The average molecular weight is 234 g/mol. The summed E-state index contributed by atoms with van der Waals surface area (Å²) >= 11 is 0. The molecule has 5 heteroatoms. The van der Waals surface area contributed by atoms with Crippen LogP contribution in [0.15, 0.2) is 0 Å². The predicted octanol–water partition coefficient (Wildman–Crippen LogP) is 1.78. The third kappa shape index (κ3) is 3.29. The third-order valence-electron chi connectivity index (χ3n) is 2.71. The van der Waals surface area contributed by atoms with Gasteiger partial charge in [0.05, 0.1) is 0 Å². The molecule has 0 aromatic rings. The molecule has 90 valence electrons. The van der Waals surface area contributed by atoms with Crippen molar-refractivity contribution in [2.24, 2.45) is 5.92 Å². The van der Waals surface area contributed by atoms with Crippen molar-refractivity contribution in [3.8, 4) is 0 Å². The highest BCUT2D eigenvalue weighted by molar-refractivity contribution is 6.54. The molecule has 0 saturated carbocycles. The normalized spacial score (nSPS) is 15.7. The van der Waals surface area contributed by atoms with E-state index in [0.717, 1.165) is 0 Å². The van der Waals surface area contributed by atoms with Crippen LogP contribution in [0, 0.1) is 5.92 Å². The van der Waals surface area contributed by atoms with E-state index in [9.17, 15) is 9.90 Å². The van der Waals surface area contributed by atoms with Crippen LogP contribution < -0.4 is 0 Å². The van der Waals surface area contributed by atoms with E-state index in [0.29, 0.717) is 18.8 Å². The van der Waals surface area contributed by atoms with Crippen LogP contribution in [-0.4, -0.2) is 34.6 Å². The van der Waals surface area contributed by atoms with Crippen molar-refractivity contribution in [1.29, 1.82) is 0 Å². The van der Waals surface area contributed by atoms with Gasteiger partial charge in [-0.2, -0.15) is 0 Å². The first-order valence-electron chi connectivity index (χ1n) is 5.23. The summed E-state index contributed by atoms with van der Waals surface area (Å²) in [6, 6.07) is 0. The standard InChI is InChI=1S/C10H22O4Si/c1-6-10(9(11)12,7-8(2)3)15(13-4)14-5/h8,15H,6-7H2,1-5H3,(H,11,12). The fourth-order valence-electron chi connectivity index (χ4n) is 2.02. The zero-order chi connectivity index (χ0) is 12.1. The van der Waals surface area contributed by atoms with Crippen molar-refractivity contribution in [3.63, 3.8) is 0 Å². The van der Waals surface area contributed by atoms with E-state index < -0.39 is 20.3 Å². The Bertz CT molecular complexity index is 204. The van der Waals surface area contributed by atoms with Gasteiger partial charge in [0.1, 0.15) is 5.04 Å². The molecule has 0 aliphatic carbocycles. The van der Waals surface area contributed by atoms with Gasteiger partial charge in [0, 0.05) is 14.2 Å². The van der Waals surface area contributed by atoms with Gasteiger partial charge in [-0.15, -0.1) is 0 Å². The van der Waals surface area contributed by atoms with Gasteiger partial charge >= 0.3 is 15.3 Å². The minimum absolute atomic E-state index is 0.321. The molecule has 4 nitrogen and oxygen atoms in total. The summed E-state index contributed by atoms with van der Waals surface area (Å²) in [6.45, 7) is 5.92. The van der Waals surface area contributed by atoms with Gasteiger partial charge in [0.25, 0.3) is 0 Å². The maximum absolute atomic E-state index is 11.4. The van der Waals surface area contributed by atoms with Gasteiger partial charge < -0.3 is 14.0 Å². The maximum Gasteiger partial charge on any atom is 0.338 e. The number of hydrogen-bond acceptors (Lipinski definition) is 3. The quantitative estimate of drug-likeness (QED) is 0.682. The molecule has 1 N–H and O–H groups in total. The first-order valence-corrected chi connectivity index (χ1v) is 6.75. The second kappa shape index (κ2) is 6.25. The summed E-state index contributed by atoms with van der Waals surface area (Å²) in [5, 5.41) is 8.57. The zero-order valence-corrected chi connectivity index (χ0v) is 11.4. The molecule has 0 bridgehead atoms. The van der Waals surface area contributed by atoms with E-state index in [2.05, 4.69) is 0 Å². The fourth-order valence-corrected chi connectivity index (χ4v) is 4.32.